The van der Waals surface area contributed by atoms with E-state index in [1.54, 1.807) is 13.0 Å². The number of carbonyl (C=O) groups is 2. The van der Waals surface area contributed by atoms with Crippen molar-refractivity contribution < 1.29 is 27.2 Å². The Hall–Kier alpha value is -2.77. The number of anilines is 1. The van der Waals surface area contributed by atoms with Gasteiger partial charge in [0.25, 0.3) is 5.91 Å². The highest BCUT2D eigenvalue weighted by atomic mass is 19.2. The summed E-state index contributed by atoms with van der Waals surface area (Å²) in [6.07, 6.45) is 1.95. The SMILES string of the molecule is CCCN(CC(=O)Nc1ccc(F)c(F)c1F)C(=O)c1occc1C. The Bertz CT molecular complexity index is 789. The average Bonchev–Trinajstić information content (AvgIpc) is 3.00. The molecule has 0 atom stereocenters. The van der Waals surface area contributed by atoms with Crippen molar-refractivity contribution in [2.75, 3.05) is 18.4 Å². The van der Waals surface area contributed by atoms with Gasteiger partial charge in [0.1, 0.15) is 6.54 Å². The van der Waals surface area contributed by atoms with Crippen LogP contribution in [0.5, 0.6) is 0 Å². The number of nitrogens with one attached hydrogen (secondary N) is 1. The smallest absolute Gasteiger partial charge is 0.290 e. The van der Waals surface area contributed by atoms with Crippen molar-refractivity contribution >= 4 is 17.5 Å². The Balaban J connectivity index is 2.12. The van der Waals surface area contributed by atoms with Gasteiger partial charge in [0.15, 0.2) is 23.2 Å². The van der Waals surface area contributed by atoms with Crippen molar-refractivity contribution in [3.63, 3.8) is 0 Å². The Morgan fingerprint density at radius 3 is 2.48 bits per heavy atom. The largest absolute Gasteiger partial charge is 0.459 e. The fourth-order valence-corrected chi connectivity index (χ4v) is 2.24. The van der Waals surface area contributed by atoms with Crippen molar-refractivity contribution in [2.45, 2.75) is 20.3 Å². The molecule has 2 aromatic rings. The number of benzene rings is 1. The Morgan fingerprint density at radius 1 is 1.16 bits per heavy atom. The van der Waals surface area contributed by atoms with Gasteiger partial charge in [-0.15, -0.1) is 0 Å². The quantitative estimate of drug-likeness (QED) is 0.808. The minimum Gasteiger partial charge on any atom is -0.459 e. The zero-order chi connectivity index (χ0) is 18.6. The van der Waals surface area contributed by atoms with Crippen LogP contribution in [0.15, 0.2) is 28.9 Å². The normalized spacial score (nSPS) is 10.6. The molecule has 0 aliphatic heterocycles. The molecule has 0 spiro atoms. The van der Waals surface area contributed by atoms with E-state index in [0.29, 0.717) is 18.1 Å². The Labute approximate surface area is 142 Å². The van der Waals surface area contributed by atoms with E-state index >= 15 is 0 Å². The highest BCUT2D eigenvalue weighted by molar-refractivity contribution is 5.98. The van der Waals surface area contributed by atoms with Gasteiger partial charge in [-0.1, -0.05) is 6.92 Å². The molecule has 5 nitrogen and oxygen atoms in total. The number of hydrogen-bond acceptors (Lipinski definition) is 3. The zero-order valence-corrected chi connectivity index (χ0v) is 13.7. The van der Waals surface area contributed by atoms with Gasteiger partial charge in [-0.2, -0.15) is 0 Å². The number of furan rings is 1. The first-order chi connectivity index (χ1) is 11.8. The first-order valence-corrected chi connectivity index (χ1v) is 7.61. The van der Waals surface area contributed by atoms with Gasteiger partial charge < -0.3 is 14.6 Å². The minimum absolute atomic E-state index is 0.111. The summed E-state index contributed by atoms with van der Waals surface area (Å²) in [5.74, 6) is -5.64. The minimum atomic E-state index is -1.68. The molecule has 1 N–H and O–H groups in total. The summed E-state index contributed by atoms with van der Waals surface area (Å²) in [7, 11) is 0. The Morgan fingerprint density at radius 2 is 1.88 bits per heavy atom. The summed E-state index contributed by atoms with van der Waals surface area (Å²) in [5, 5.41) is 2.14. The lowest BCUT2D eigenvalue weighted by molar-refractivity contribution is -0.116. The first kappa shape index (κ1) is 18.6. The summed E-state index contributed by atoms with van der Waals surface area (Å²) in [6, 6.07) is 3.23. The van der Waals surface area contributed by atoms with Crippen molar-refractivity contribution in [2.24, 2.45) is 0 Å². The molecule has 2 amide bonds. The number of rotatable bonds is 6. The van der Waals surface area contributed by atoms with E-state index in [4.69, 9.17) is 4.42 Å². The molecule has 8 heteroatoms. The van der Waals surface area contributed by atoms with Gasteiger partial charge >= 0.3 is 0 Å². The predicted molar refractivity (Wildman–Crippen MR) is 84.6 cm³/mol. The van der Waals surface area contributed by atoms with E-state index in [9.17, 15) is 22.8 Å². The number of carbonyl (C=O) groups excluding carboxylic acids is 2. The monoisotopic (exact) mass is 354 g/mol. The third-order valence-corrected chi connectivity index (χ3v) is 3.48. The highest BCUT2D eigenvalue weighted by Crippen LogP contribution is 2.20. The molecule has 0 saturated carbocycles. The molecule has 0 fully saturated rings. The number of halogens is 3. The molecule has 0 bridgehead atoms. The van der Waals surface area contributed by atoms with Crippen LogP contribution in [0.3, 0.4) is 0 Å². The average molecular weight is 354 g/mol. The molecular weight excluding hydrogens is 337 g/mol. The van der Waals surface area contributed by atoms with E-state index in [-0.39, 0.29) is 18.8 Å². The zero-order valence-electron chi connectivity index (χ0n) is 13.7. The van der Waals surface area contributed by atoms with Gasteiger partial charge in [-0.05, 0) is 31.5 Å². The second kappa shape index (κ2) is 7.87. The van der Waals surface area contributed by atoms with Gasteiger partial charge in [0, 0.05) is 12.1 Å². The van der Waals surface area contributed by atoms with E-state index in [0.717, 1.165) is 6.07 Å². The fourth-order valence-electron chi connectivity index (χ4n) is 2.24. The molecule has 134 valence electrons. The van der Waals surface area contributed by atoms with Crippen LogP contribution >= 0.6 is 0 Å². The van der Waals surface area contributed by atoms with Gasteiger partial charge in [0.2, 0.25) is 5.91 Å². The van der Waals surface area contributed by atoms with Crippen LogP contribution < -0.4 is 5.32 Å². The van der Waals surface area contributed by atoms with E-state index < -0.39 is 35.0 Å². The molecule has 0 radical (unpaired) electrons. The maximum absolute atomic E-state index is 13.6. The molecule has 0 unspecified atom stereocenters. The molecule has 1 heterocycles. The second-order valence-corrected chi connectivity index (χ2v) is 5.43. The lowest BCUT2D eigenvalue weighted by Gasteiger charge is -2.21. The van der Waals surface area contributed by atoms with Crippen molar-refractivity contribution in [1.29, 1.82) is 0 Å². The standard InChI is InChI=1S/C17H17F3N2O3/c1-3-7-22(17(24)16-10(2)6-8-25-16)9-13(23)21-12-5-4-11(18)14(19)15(12)20/h4-6,8H,3,7,9H2,1-2H3,(H,21,23). The number of aryl methyl sites for hydroxylation is 1. The van der Waals surface area contributed by atoms with Crippen LogP contribution in [0, 0.1) is 24.4 Å². The molecule has 2 rings (SSSR count). The van der Waals surface area contributed by atoms with E-state index in [1.807, 2.05) is 6.92 Å². The molecule has 1 aromatic heterocycles. The number of hydrogen-bond donors (Lipinski definition) is 1. The molecule has 1 aromatic carbocycles. The second-order valence-electron chi connectivity index (χ2n) is 5.43. The number of nitrogens with zero attached hydrogens (tertiary/aromatic N) is 1. The van der Waals surface area contributed by atoms with Crippen molar-refractivity contribution in [3.05, 3.63) is 53.2 Å². The maximum Gasteiger partial charge on any atom is 0.290 e. The van der Waals surface area contributed by atoms with Gasteiger partial charge in [-0.25, -0.2) is 13.2 Å². The Kier molecular flexibility index (Phi) is 5.84. The van der Waals surface area contributed by atoms with Crippen molar-refractivity contribution in [3.8, 4) is 0 Å². The topological polar surface area (TPSA) is 62.6 Å². The molecule has 0 aliphatic rings. The van der Waals surface area contributed by atoms with E-state index in [2.05, 4.69) is 5.32 Å². The summed E-state index contributed by atoms with van der Waals surface area (Å²) in [4.78, 5) is 25.8. The van der Waals surface area contributed by atoms with Crippen LogP contribution in [-0.2, 0) is 4.79 Å². The summed E-state index contributed by atoms with van der Waals surface area (Å²) >= 11 is 0. The van der Waals surface area contributed by atoms with Crippen LogP contribution in [0.4, 0.5) is 18.9 Å². The summed E-state index contributed by atoms with van der Waals surface area (Å²) in [5.41, 5.74) is 0.125. The third-order valence-electron chi connectivity index (χ3n) is 3.48. The fraction of sp³-hybridized carbons (Fsp3) is 0.294. The van der Waals surface area contributed by atoms with Crippen LogP contribution in [0.2, 0.25) is 0 Å². The summed E-state index contributed by atoms with van der Waals surface area (Å²) < 4.78 is 44.9. The maximum atomic E-state index is 13.6. The highest BCUT2D eigenvalue weighted by Gasteiger charge is 2.23. The lowest BCUT2D eigenvalue weighted by atomic mass is 10.2. The van der Waals surface area contributed by atoms with Gasteiger partial charge in [0.05, 0.1) is 12.0 Å². The van der Waals surface area contributed by atoms with Crippen LogP contribution in [0.1, 0.15) is 29.5 Å². The third kappa shape index (κ3) is 4.20. The molecule has 0 aliphatic carbocycles. The lowest BCUT2D eigenvalue weighted by Crippen LogP contribution is -2.38. The molecule has 25 heavy (non-hydrogen) atoms. The van der Waals surface area contributed by atoms with Crippen molar-refractivity contribution in [1.82, 2.24) is 4.90 Å². The van der Waals surface area contributed by atoms with Gasteiger partial charge in [-0.3, -0.25) is 9.59 Å². The van der Waals surface area contributed by atoms with Crippen LogP contribution in [-0.4, -0.2) is 29.8 Å². The predicted octanol–water partition coefficient (Wildman–Crippen LogP) is 3.50. The molecule has 0 saturated heterocycles. The first-order valence-electron chi connectivity index (χ1n) is 7.61. The van der Waals surface area contributed by atoms with E-state index in [1.165, 1.54) is 11.2 Å². The van der Waals surface area contributed by atoms with Crippen LogP contribution in [0.25, 0.3) is 0 Å². The molecular formula is C17H17F3N2O3. The number of amides is 2. The summed E-state index contributed by atoms with van der Waals surface area (Å²) in [6.45, 7) is 3.40.